The zero-order valence-electron chi connectivity index (χ0n) is 10.6. The molecule has 0 atom stereocenters. The number of likely N-dealkylation sites (tertiary alicyclic amines) is 1. The van der Waals surface area contributed by atoms with Crippen molar-refractivity contribution < 1.29 is 4.74 Å². The highest BCUT2D eigenvalue weighted by molar-refractivity contribution is 6.30. The summed E-state index contributed by atoms with van der Waals surface area (Å²) in [5, 5.41) is 0.734. The van der Waals surface area contributed by atoms with Crippen LogP contribution >= 0.6 is 24.0 Å². The van der Waals surface area contributed by atoms with Gasteiger partial charge in [0.25, 0.3) is 0 Å². The summed E-state index contributed by atoms with van der Waals surface area (Å²) in [5.41, 5.74) is 0. The first kappa shape index (κ1) is 15.6. The second kappa shape index (κ2) is 8.63. The van der Waals surface area contributed by atoms with Gasteiger partial charge >= 0.3 is 0 Å². The van der Waals surface area contributed by atoms with Crippen LogP contribution in [0.3, 0.4) is 0 Å². The van der Waals surface area contributed by atoms with E-state index < -0.39 is 0 Å². The van der Waals surface area contributed by atoms with Crippen molar-refractivity contribution in [1.82, 2.24) is 4.90 Å². The Balaban J connectivity index is 0.00000162. The minimum absolute atomic E-state index is 0. The number of hydrogen-bond donors (Lipinski definition) is 0. The predicted molar refractivity (Wildman–Crippen MR) is 79.1 cm³/mol. The van der Waals surface area contributed by atoms with E-state index in [1.54, 1.807) is 0 Å². The first-order valence-corrected chi connectivity index (χ1v) is 6.83. The zero-order valence-corrected chi connectivity index (χ0v) is 12.2. The maximum absolute atomic E-state index is 5.90. The summed E-state index contributed by atoms with van der Waals surface area (Å²) in [7, 11) is 0. The van der Waals surface area contributed by atoms with E-state index in [0.717, 1.165) is 23.9 Å². The monoisotopic (exact) mass is 289 g/mol. The van der Waals surface area contributed by atoms with E-state index >= 15 is 0 Å². The molecule has 0 spiro atoms. The fourth-order valence-electron chi connectivity index (χ4n) is 2.21. The zero-order chi connectivity index (χ0) is 11.9. The van der Waals surface area contributed by atoms with Crippen molar-refractivity contribution in [1.29, 1.82) is 0 Å². The van der Waals surface area contributed by atoms with Crippen LogP contribution in [-0.2, 0) is 0 Å². The largest absolute Gasteiger partial charge is 0.492 e. The molecule has 1 aliphatic heterocycles. The van der Waals surface area contributed by atoms with Crippen LogP contribution < -0.4 is 4.74 Å². The molecule has 0 N–H and O–H groups in total. The number of halogens is 2. The molecule has 4 heteroatoms. The van der Waals surface area contributed by atoms with Gasteiger partial charge in [0.1, 0.15) is 12.4 Å². The van der Waals surface area contributed by atoms with Crippen molar-refractivity contribution in [2.45, 2.75) is 25.7 Å². The third-order valence-corrected chi connectivity index (χ3v) is 3.41. The van der Waals surface area contributed by atoms with Gasteiger partial charge in [0.05, 0.1) is 0 Å². The van der Waals surface area contributed by atoms with E-state index in [2.05, 4.69) is 4.90 Å². The van der Waals surface area contributed by atoms with Gasteiger partial charge < -0.3 is 4.74 Å². The highest BCUT2D eigenvalue weighted by atomic mass is 35.5. The number of ether oxygens (including phenoxy) is 1. The summed E-state index contributed by atoms with van der Waals surface area (Å²) >= 11 is 5.90. The van der Waals surface area contributed by atoms with Gasteiger partial charge in [-0.15, -0.1) is 12.4 Å². The summed E-state index contributed by atoms with van der Waals surface area (Å²) in [6.45, 7) is 4.21. The molecule has 1 fully saturated rings. The molecule has 2 rings (SSSR count). The van der Waals surface area contributed by atoms with Crippen molar-refractivity contribution >= 4 is 24.0 Å². The van der Waals surface area contributed by atoms with Crippen molar-refractivity contribution in [3.63, 3.8) is 0 Å². The van der Waals surface area contributed by atoms with Gasteiger partial charge in [0.2, 0.25) is 0 Å². The van der Waals surface area contributed by atoms with Crippen LogP contribution in [0.5, 0.6) is 5.75 Å². The maximum Gasteiger partial charge on any atom is 0.120 e. The Morgan fingerprint density at radius 2 is 1.83 bits per heavy atom. The molecule has 0 radical (unpaired) electrons. The van der Waals surface area contributed by atoms with E-state index in [4.69, 9.17) is 16.3 Å². The Labute approximate surface area is 121 Å². The molecule has 0 aliphatic carbocycles. The van der Waals surface area contributed by atoms with Crippen LogP contribution in [0.1, 0.15) is 25.7 Å². The fraction of sp³-hybridized carbons (Fsp3) is 0.571. The van der Waals surface area contributed by atoms with Crippen LogP contribution in [0.2, 0.25) is 5.02 Å². The third-order valence-electron chi connectivity index (χ3n) is 3.17. The standard InChI is InChI=1S/C14H20ClNO.ClH/c15-13-6-5-7-14(12-13)17-11-10-16-8-3-1-2-4-9-16;/h5-7,12H,1-4,8-11H2;1H. The van der Waals surface area contributed by atoms with Crippen LogP contribution in [0, 0.1) is 0 Å². The van der Waals surface area contributed by atoms with Gasteiger partial charge in [0.15, 0.2) is 0 Å². The van der Waals surface area contributed by atoms with Gasteiger partial charge in [-0.2, -0.15) is 0 Å². The van der Waals surface area contributed by atoms with Gasteiger partial charge in [-0.1, -0.05) is 30.5 Å². The molecular formula is C14H21Cl2NO. The molecular weight excluding hydrogens is 269 g/mol. The van der Waals surface area contributed by atoms with Crippen LogP contribution in [-0.4, -0.2) is 31.1 Å². The van der Waals surface area contributed by atoms with Crippen LogP contribution in [0.4, 0.5) is 0 Å². The first-order chi connectivity index (χ1) is 8.34. The Morgan fingerprint density at radius 1 is 1.11 bits per heavy atom. The first-order valence-electron chi connectivity index (χ1n) is 6.45. The Hall–Kier alpha value is -0.440. The van der Waals surface area contributed by atoms with Gasteiger partial charge in [-0.05, 0) is 44.1 Å². The van der Waals surface area contributed by atoms with E-state index in [-0.39, 0.29) is 12.4 Å². The molecule has 102 valence electrons. The summed E-state index contributed by atoms with van der Waals surface area (Å²) in [6.07, 6.45) is 5.42. The lowest BCUT2D eigenvalue weighted by atomic mass is 10.2. The third kappa shape index (κ3) is 5.47. The Kier molecular flexibility index (Phi) is 7.48. The molecule has 0 bridgehead atoms. The topological polar surface area (TPSA) is 12.5 Å². The minimum atomic E-state index is 0. The van der Waals surface area contributed by atoms with Crippen molar-refractivity contribution in [2.75, 3.05) is 26.2 Å². The number of hydrogen-bond acceptors (Lipinski definition) is 2. The summed E-state index contributed by atoms with van der Waals surface area (Å²) in [4.78, 5) is 2.50. The average molecular weight is 290 g/mol. The molecule has 1 heterocycles. The van der Waals surface area contributed by atoms with E-state index in [1.807, 2.05) is 24.3 Å². The van der Waals surface area contributed by atoms with Crippen LogP contribution in [0.15, 0.2) is 24.3 Å². The van der Waals surface area contributed by atoms with E-state index in [1.165, 1.54) is 38.8 Å². The lowest BCUT2D eigenvalue weighted by Gasteiger charge is -2.19. The molecule has 1 saturated heterocycles. The smallest absolute Gasteiger partial charge is 0.120 e. The summed E-state index contributed by atoms with van der Waals surface area (Å²) < 4.78 is 5.70. The summed E-state index contributed by atoms with van der Waals surface area (Å²) in [5.74, 6) is 0.868. The molecule has 0 saturated carbocycles. The van der Waals surface area contributed by atoms with E-state index in [0.29, 0.717) is 0 Å². The second-order valence-corrected chi connectivity index (χ2v) is 5.00. The van der Waals surface area contributed by atoms with Crippen molar-refractivity contribution in [2.24, 2.45) is 0 Å². The predicted octanol–water partition coefficient (Wildman–Crippen LogP) is 4.02. The van der Waals surface area contributed by atoms with Crippen LogP contribution in [0.25, 0.3) is 0 Å². The molecule has 0 amide bonds. The minimum Gasteiger partial charge on any atom is -0.492 e. The van der Waals surface area contributed by atoms with Crippen molar-refractivity contribution in [3.8, 4) is 5.75 Å². The maximum atomic E-state index is 5.90. The lowest BCUT2D eigenvalue weighted by Crippen LogP contribution is -2.29. The van der Waals surface area contributed by atoms with Gasteiger partial charge in [-0.25, -0.2) is 0 Å². The number of benzene rings is 1. The molecule has 0 aromatic heterocycles. The molecule has 1 aromatic rings. The molecule has 2 nitrogen and oxygen atoms in total. The van der Waals surface area contributed by atoms with Crippen molar-refractivity contribution in [3.05, 3.63) is 29.3 Å². The highest BCUT2D eigenvalue weighted by Crippen LogP contribution is 2.17. The Morgan fingerprint density at radius 3 is 2.50 bits per heavy atom. The van der Waals surface area contributed by atoms with E-state index in [9.17, 15) is 0 Å². The quantitative estimate of drug-likeness (QED) is 0.830. The SMILES string of the molecule is Cl.Clc1cccc(OCCN2CCCCCC2)c1. The lowest BCUT2D eigenvalue weighted by molar-refractivity contribution is 0.214. The second-order valence-electron chi connectivity index (χ2n) is 4.56. The Bertz CT molecular complexity index is 338. The summed E-state index contributed by atoms with van der Waals surface area (Å²) in [6, 6.07) is 7.60. The highest BCUT2D eigenvalue weighted by Gasteiger charge is 2.08. The number of nitrogens with zero attached hydrogens (tertiary/aromatic N) is 1. The molecule has 1 aromatic carbocycles. The van der Waals surface area contributed by atoms with Gasteiger partial charge in [-0.3, -0.25) is 4.90 Å². The average Bonchev–Trinajstić information content (AvgIpc) is 2.58. The van der Waals surface area contributed by atoms with Gasteiger partial charge in [0, 0.05) is 11.6 Å². The molecule has 18 heavy (non-hydrogen) atoms. The fourth-order valence-corrected chi connectivity index (χ4v) is 2.39. The normalized spacial score (nSPS) is 16.7. The molecule has 0 unspecified atom stereocenters. The molecule has 1 aliphatic rings. The number of rotatable bonds is 4.